The molecule has 180 valence electrons. The number of hydrogen-bond donors (Lipinski definition) is 2. The Kier molecular flexibility index (Phi) is 8.34. The van der Waals surface area contributed by atoms with E-state index in [1.807, 2.05) is 78.9 Å². The molecule has 8 nitrogen and oxygen atoms in total. The van der Waals surface area contributed by atoms with Crippen molar-refractivity contribution < 1.29 is 14.3 Å². The van der Waals surface area contributed by atoms with Crippen LogP contribution in [-0.4, -0.2) is 32.7 Å². The highest BCUT2D eigenvalue weighted by Crippen LogP contribution is 2.30. The van der Waals surface area contributed by atoms with Gasteiger partial charge < -0.3 is 14.8 Å². The van der Waals surface area contributed by atoms with Crippen LogP contribution in [0, 0.1) is 0 Å². The van der Waals surface area contributed by atoms with Crippen LogP contribution in [0.3, 0.4) is 0 Å². The quantitative estimate of drug-likeness (QED) is 0.312. The smallest absolute Gasteiger partial charge is 0.240 e. The van der Waals surface area contributed by atoms with E-state index in [0.29, 0.717) is 43.5 Å². The Labute approximate surface area is 209 Å². The first-order valence-corrected chi connectivity index (χ1v) is 11.8. The number of thiol groups is 1. The maximum absolute atomic E-state index is 12.4. The summed E-state index contributed by atoms with van der Waals surface area (Å²) in [5.41, 5.74) is 3.15. The Morgan fingerprint density at radius 2 is 1.54 bits per heavy atom. The predicted octanol–water partition coefficient (Wildman–Crippen LogP) is 3.70. The molecule has 0 saturated carbocycles. The zero-order chi connectivity index (χ0) is 24.5. The Hall–Kier alpha value is -3.85. The summed E-state index contributed by atoms with van der Waals surface area (Å²) in [4.78, 5) is 12.4. The SMILES string of the molecule is Cn1nnnc1C(S)C(=O)NCCc1ccc(OCc2ccccc2)c(OCc2ccccc2)c1. The standard InChI is InChI=1S/C26H27N5O3S/c1-31-25(28-29-30-31)24(35)26(32)27-15-14-19-12-13-22(33-17-20-8-4-2-5-9-20)23(16-19)34-18-21-10-6-3-7-11-21/h2-13,16,24,35H,14-15,17-18H2,1H3,(H,27,32). The molecule has 0 bridgehead atoms. The molecule has 1 atom stereocenters. The van der Waals surface area contributed by atoms with Crippen LogP contribution in [0.2, 0.25) is 0 Å². The van der Waals surface area contributed by atoms with E-state index in [9.17, 15) is 4.79 Å². The number of hydrogen-bond acceptors (Lipinski definition) is 7. The van der Waals surface area contributed by atoms with E-state index >= 15 is 0 Å². The van der Waals surface area contributed by atoms with Gasteiger partial charge in [-0.1, -0.05) is 66.7 Å². The molecule has 0 aliphatic rings. The van der Waals surface area contributed by atoms with Crippen LogP contribution < -0.4 is 14.8 Å². The van der Waals surface area contributed by atoms with Crippen molar-refractivity contribution in [2.24, 2.45) is 7.05 Å². The molecule has 0 radical (unpaired) electrons. The van der Waals surface area contributed by atoms with E-state index < -0.39 is 5.25 Å². The van der Waals surface area contributed by atoms with Gasteiger partial charge in [-0.3, -0.25) is 4.79 Å². The lowest BCUT2D eigenvalue weighted by molar-refractivity contribution is -0.120. The molecule has 3 aromatic carbocycles. The summed E-state index contributed by atoms with van der Waals surface area (Å²) in [6.45, 7) is 1.30. The lowest BCUT2D eigenvalue weighted by Crippen LogP contribution is -2.30. The minimum Gasteiger partial charge on any atom is -0.485 e. The molecular weight excluding hydrogens is 462 g/mol. The van der Waals surface area contributed by atoms with Gasteiger partial charge in [0.15, 0.2) is 17.3 Å². The predicted molar refractivity (Wildman–Crippen MR) is 135 cm³/mol. The van der Waals surface area contributed by atoms with E-state index in [1.165, 1.54) is 4.68 Å². The zero-order valence-electron chi connectivity index (χ0n) is 19.4. The van der Waals surface area contributed by atoms with Crippen LogP contribution in [0.25, 0.3) is 0 Å². The van der Waals surface area contributed by atoms with Crippen LogP contribution in [0.1, 0.15) is 27.8 Å². The molecule has 0 aliphatic carbocycles. The summed E-state index contributed by atoms with van der Waals surface area (Å²) in [6.07, 6.45) is 0.615. The molecule has 0 aliphatic heterocycles. The highest BCUT2D eigenvalue weighted by molar-refractivity contribution is 7.81. The number of ether oxygens (including phenoxy) is 2. The third-order valence-electron chi connectivity index (χ3n) is 5.34. The summed E-state index contributed by atoms with van der Waals surface area (Å²) in [6, 6.07) is 25.8. The summed E-state index contributed by atoms with van der Waals surface area (Å²) in [7, 11) is 1.67. The number of nitrogens with one attached hydrogen (secondary N) is 1. The van der Waals surface area contributed by atoms with Gasteiger partial charge in [0.2, 0.25) is 5.91 Å². The molecule has 1 amide bonds. The van der Waals surface area contributed by atoms with E-state index in [4.69, 9.17) is 9.47 Å². The fourth-order valence-corrected chi connectivity index (χ4v) is 3.73. The van der Waals surface area contributed by atoms with Gasteiger partial charge in [-0.2, -0.15) is 12.6 Å². The second kappa shape index (κ2) is 12.0. The Bertz CT molecular complexity index is 1230. The number of rotatable bonds is 11. The molecule has 0 spiro atoms. The van der Waals surface area contributed by atoms with Crippen LogP contribution in [-0.2, 0) is 31.5 Å². The minimum atomic E-state index is -0.742. The van der Waals surface area contributed by atoms with Crippen molar-refractivity contribution in [3.05, 3.63) is 101 Å². The van der Waals surface area contributed by atoms with Crippen LogP contribution >= 0.6 is 12.6 Å². The fourth-order valence-electron chi connectivity index (χ4n) is 3.42. The number of aryl methyl sites for hydroxylation is 1. The van der Waals surface area contributed by atoms with Crippen molar-refractivity contribution in [1.29, 1.82) is 0 Å². The molecule has 4 aromatic rings. The van der Waals surface area contributed by atoms with Crippen molar-refractivity contribution in [3.8, 4) is 11.5 Å². The maximum atomic E-state index is 12.4. The van der Waals surface area contributed by atoms with Gasteiger partial charge >= 0.3 is 0 Å². The molecule has 4 rings (SSSR count). The van der Waals surface area contributed by atoms with Crippen LogP contribution in [0.15, 0.2) is 78.9 Å². The summed E-state index contributed by atoms with van der Waals surface area (Å²) >= 11 is 4.34. The summed E-state index contributed by atoms with van der Waals surface area (Å²) < 4.78 is 13.6. The summed E-state index contributed by atoms with van der Waals surface area (Å²) in [5.74, 6) is 1.46. The molecule has 35 heavy (non-hydrogen) atoms. The van der Waals surface area contributed by atoms with Crippen molar-refractivity contribution in [2.75, 3.05) is 6.54 Å². The van der Waals surface area contributed by atoms with E-state index in [0.717, 1.165) is 16.7 Å². The van der Waals surface area contributed by atoms with Crippen LogP contribution in [0.5, 0.6) is 11.5 Å². The van der Waals surface area contributed by atoms with Crippen molar-refractivity contribution in [3.63, 3.8) is 0 Å². The zero-order valence-corrected chi connectivity index (χ0v) is 20.3. The monoisotopic (exact) mass is 489 g/mol. The first-order chi connectivity index (χ1) is 17.1. The van der Waals surface area contributed by atoms with E-state index in [1.54, 1.807) is 7.05 Å². The number of carbonyl (C=O) groups is 1. The summed E-state index contributed by atoms with van der Waals surface area (Å²) in [5, 5.41) is 13.3. The molecule has 9 heteroatoms. The van der Waals surface area contributed by atoms with Gasteiger partial charge in [-0.25, -0.2) is 4.68 Å². The van der Waals surface area contributed by atoms with Gasteiger partial charge in [0, 0.05) is 13.6 Å². The number of nitrogens with zero attached hydrogens (tertiary/aromatic N) is 4. The average Bonchev–Trinajstić information content (AvgIpc) is 3.33. The molecule has 0 saturated heterocycles. The number of carbonyl (C=O) groups excluding carboxylic acids is 1. The highest BCUT2D eigenvalue weighted by atomic mass is 32.1. The maximum Gasteiger partial charge on any atom is 0.240 e. The molecular formula is C26H27N5O3S. The molecule has 1 N–H and O–H groups in total. The third-order valence-corrected chi connectivity index (χ3v) is 5.81. The normalized spacial score (nSPS) is 11.6. The topological polar surface area (TPSA) is 91.2 Å². The Morgan fingerprint density at radius 1 is 0.914 bits per heavy atom. The molecule has 0 fully saturated rings. The number of tetrazole rings is 1. The minimum absolute atomic E-state index is 0.255. The van der Waals surface area contributed by atoms with Gasteiger partial charge in [-0.15, -0.1) is 5.10 Å². The average molecular weight is 490 g/mol. The van der Waals surface area contributed by atoms with Gasteiger partial charge in [0.05, 0.1) is 0 Å². The number of aromatic nitrogens is 4. The van der Waals surface area contributed by atoms with Crippen molar-refractivity contribution in [1.82, 2.24) is 25.5 Å². The fraction of sp³-hybridized carbons (Fsp3) is 0.231. The molecule has 1 heterocycles. The van der Waals surface area contributed by atoms with Gasteiger partial charge in [0.25, 0.3) is 0 Å². The van der Waals surface area contributed by atoms with E-state index in [-0.39, 0.29) is 5.91 Å². The lowest BCUT2D eigenvalue weighted by Gasteiger charge is -2.15. The highest BCUT2D eigenvalue weighted by Gasteiger charge is 2.21. The van der Waals surface area contributed by atoms with Gasteiger partial charge in [-0.05, 0) is 45.7 Å². The van der Waals surface area contributed by atoms with E-state index in [2.05, 4.69) is 33.5 Å². The second-order valence-electron chi connectivity index (χ2n) is 7.93. The largest absolute Gasteiger partial charge is 0.485 e. The Morgan fingerprint density at radius 3 is 2.14 bits per heavy atom. The van der Waals surface area contributed by atoms with Crippen LogP contribution in [0.4, 0.5) is 0 Å². The first-order valence-electron chi connectivity index (χ1n) is 11.2. The van der Waals surface area contributed by atoms with Crippen molar-refractivity contribution >= 4 is 18.5 Å². The molecule has 1 aromatic heterocycles. The Balaban J connectivity index is 1.40. The first kappa shape index (κ1) is 24.3. The van der Waals surface area contributed by atoms with Crippen molar-refractivity contribution in [2.45, 2.75) is 24.9 Å². The number of amides is 1. The number of benzene rings is 3. The van der Waals surface area contributed by atoms with Gasteiger partial charge in [0.1, 0.15) is 18.5 Å². The molecule has 1 unspecified atom stereocenters. The second-order valence-corrected chi connectivity index (χ2v) is 8.45. The third kappa shape index (κ3) is 6.83. The lowest BCUT2D eigenvalue weighted by atomic mass is 10.1.